The number of amides is 1. The Hall–Kier alpha value is -1.94. The van der Waals surface area contributed by atoms with Gasteiger partial charge in [-0.05, 0) is 25.0 Å². The van der Waals surface area contributed by atoms with Crippen LogP contribution >= 0.6 is 0 Å². The molecule has 4 heteroatoms. The Morgan fingerprint density at radius 1 is 1.23 bits per heavy atom. The van der Waals surface area contributed by atoms with Crippen molar-refractivity contribution < 1.29 is 4.79 Å². The number of hydrogen-bond donors (Lipinski definition) is 1. The fourth-order valence-electron chi connectivity index (χ4n) is 3.17. The highest BCUT2D eigenvalue weighted by Crippen LogP contribution is 2.20. The quantitative estimate of drug-likeness (QED) is 0.947. The van der Waals surface area contributed by atoms with Crippen molar-refractivity contribution in [1.82, 2.24) is 15.2 Å². The van der Waals surface area contributed by atoms with E-state index >= 15 is 0 Å². The molecule has 22 heavy (non-hydrogen) atoms. The number of benzene rings is 1. The number of carbonyl (C=O) groups excluding carboxylic acids is 1. The lowest BCUT2D eigenvalue weighted by Gasteiger charge is -2.33. The lowest BCUT2D eigenvalue weighted by atomic mass is 10.0. The van der Waals surface area contributed by atoms with Crippen LogP contribution in [0.5, 0.6) is 0 Å². The maximum absolute atomic E-state index is 12.8. The molecule has 3 rings (SSSR count). The van der Waals surface area contributed by atoms with Crippen LogP contribution in [0.2, 0.25) is 0 Å². The fourth-order valence-corrected chi connectivity index (χ4v) is 3.17. The summed E-state index contributed by atoms with van der Waals surface area (Å²) in [6.07, 6.45) is 3.78. The Bertz CT molecular complexity index is 655. The summed E-state index contributed by atoms with van der Waals surface area (Å²) in [7, 11) is 0. The molecule has 4 nitrogen and oxygen atoms in total. The van der Waals surface area contributed by atoms with Gasteiger partial charge in [-0.2, -0.15) is 0 Å². The van der Waals surface area contributed by atoms with Crippen LogP contribution in [0.1, 0.15) is 37.0 Å². The molecular formula is C18H23N3O. The van der Waals surface area contributed by atoms with Gasteiger partial charge in [0.2, 0.25) is 0 Å². The maximum atomic E-state index is 12.8. The standard InChI is InChI=1S/C18H23N3O/c1-13(2)20-15-8-11-21(12-9-15)18(22)16-7-3-5-14-6-4-10-19-17(14)16/h3-7,10,13,15,20H,8-9,11-12H2,1-2H3. The van der Waals surface area contributed by atoms with E-state index < -0.39 is 0 Å². The first-order valence-electron chi connectivity index (χ1n) is 8.04. The number of likely N-dealkylation sites (tertiary alicyclic amines) is 1. The summed E-state index contributed by atoms with van der Waals surface area (Å²) in [5, 5.41) is 4.58. The lowest BCUT2D eigenvalue weighted by molar-refractivity contribution is 0.0705. The second kappa shape index (κ2) is 6.44. The Balaban J connectivity index is 1.74. The molecule has 0 saturated carbocycles. The van der Waals surface area contributed by atoms with Crippen LogP contribution in [0.25, 0.3) is 10.9 Å². The minimum absolute atomic E-state index is 0.104. The number of pyridine rings is 1. The lowest BCUT2D eigenvalue weighted by Crippen LogP contribution is -2.46. The van der Waals surface area contributed by atoms with Gasteiger partial charge in [-0.1, -0.05) is 32.0 Å². The summed E-state index contributed by atoms with van der Waals surface area (Å²) in [5.74, 6) is 0.104. The van der Waals surface area contributed by atoms with Gasteiger partial charge >= 0.3 is 0 Å². The molecule has 1 saturated heterocycles. The fraction of sp³-hybridized carbons (Fsp3) is 0.444. The zero-order valence-electron chi connectivity index (χ0n) is 13.2. The highest BCUT2D eigenvalue weighted by molar-refractivity contribution is 6.05. The van der Waals surface area contributed by atoms with E-state index in [1.165, 1.54) is 0 Å². The predicted octanol–water partition coefficient (Wildman–Crippen LogP) is 2.84. The third kappa shape index (κ3) is 3.12. The second-order valence-corrected chi connectivity index (χ2v) is 6.27. The van der Waals surface area contributed by atoms with Gasteiger partial charge in [0.05, 0.1) is 11.1 Å². The van der Waals surface area contributed by atoms with Crippen LogP contribution in [0.15, 0.2) is 36.5 Å². The first kappa shape index (κ1) is 15.0. The molecule has 2 heterocycles. The molecule has 0 atom stereocenters. The van der Waals surface area contributed by atoms with Crippen LogP contribution in [-0.4, -0.2) is 41.0 Å². The molecule has 1 fully saturated rings. The molecule has 0 radical (unpaired) electrons. The highest BCUT2D eigenvalue weighted by atomic mass is 16.2. The van der Waals surface area contributed by atoms with Gasteiger partial charge in [0.15, 0.2) is 0 Å². The van der Waals surface area contributed by atoms with E-state index in [1.807, 2.05) is 35.2 Å². The highest BCUT2D eigenvalue weighted by Gasteiger charge is 2.24. The topological polar surface area (TPSA) is 45.2 Å². The van der Waals surface area contributed by atoms with Gasteiger partial charge in [-0.15, -0.1) is 0 Å². The zero-order chi connectivity index (χ0) is 15.5. The Kier molecular flexibility index (Phi) is 4.39. The van der Waals surface area contributed by atoms with Crippen LogP contribution in [0, 0.1) is 0 Å². The molecule has 2 aromatic rings. The number of rotatable bonds is 3. The molecule has 0 aliphatic carbocycles. The summed E-state index contributed by atoms with van der Waals surface area (Å²) < 4.78 is 0. The van der Waals surface area contributed by atoms with E-state index in [-0.39, 0.29) is 5.91 Å². The summed E-state index contributed by atoms with van der Waals surface area (Å²) in [4.78, 5) is 19.2. The van der Waals surface area contributed by atoms with Gasteiger partial charge < -0.3 is 10.2 Å². The second-order valence-electron chi connectivity index (χ2n) is 6.27. The number of nitrogens with one attached hydrogen (secondary N) is 1. The molecule has 1 amide bonds. The SMILES string of the molecule is CC(C)NC1CCN(C(=O)c2cccc3cccnc23)CC1. The van der Waals surface area contributed by atoms with Crippen molar-refractivity contribution in [2.24, 2.45) is 0 Å². The Morgan fingerprint density at radius 3 is 2.68 bits per heavy atom. The Labute approximate surface area is 131 Å². The summed E-state index contributed by atoms with van der Waals surface area (Å²) in [6.45, 7) is 5.96. The normalized spacial score (nSPS) is 16.4. The molecule has 1 aromatic carbocycles. The molecule has 1 aliphatic heterocycles. The first-order valence-corrected chi connectivity index (χ1v) is 8.04. The molecule has 0 unspecified atom stereocenters. The van der Waals surface area contributed by atoms with E-state index in [1.54, 1.807) is 6.20 Å². The summed E-state index contributed by atoms with van der Waals surface area (Å²) >= 11 is 0. The molecule has 0 spiro atoms. The van der Waals surface area contributed by atoms with E-state index in [9.17, 15) is 4.79 Å². The van der Waals surface area contributed by atoms with Crippen molar-refractivity contribution in [2.45, 2.75) is 38.8 Å². The summed E-state index contributed by atoms with van der Waals surface area (Å²) in [6, 6.07) is 10.7. The number of aromatic nitrogens is 1. The number of nitrogens with zero attached hydrogens (tertiary/aromatic N) is 2. The number of hydrogen-bond acceptors (Lipinski definition) is 3. The van der Waals surface area contributed by atoms with E-state index in [0.717, 1.165) is 36.8 Å². The van der Waals surface area contributed by atoms with Gasteiger partial charge in [0.1, 0.15) is 0 Å². The van der Waals surface area contributed by atoms with Gasteiger partial charge in [-0.3, -0.25) is 9.78 Å². The largest absolute Gasteiger partial charge is 0.338 e. The van der Waals surface area contributed by atoms with Crippen molar-refractivity contribution in [1.29, 1.82) is 0 Å². The number of piperidine rings is 1. The molecule has 1 N–H and O–H groups in total. The predicted molar refractivity (Wildman–Crippen MR) is 88.9 cm³/mol. The molecular weight excluding hydrogens is 274 g/mol. The zero-order valence-corrected chi connectivity index (χ0v) is 13.2. The van der Waals surface area contributed by atoms with Crippen LogP contribution < -0.4 is 5.32 Å². The average molecular weight is 297 g/mol. The average Bonchev–Trinajstić information content (AvgIpc) is 2.54. The first-order chi connectivity index (χ1) is 10.6. The van der Waals surface area contributed by atoms with Crippen molar-refractivity contribution in [3.8, 4) is 0 Å². The third-order valence-electron chi connectivity index (χ3n) is 4.21. The monoisotopic (exact) mass is 297 g/mol. The smallest absolute Gasteiger partial charge is 0.256 e. The van der Waals surface area contributed by atoms with E-state index in [2.05, 4.69) is 24.1 Å². The summed E-state index contributed by atoms with van der Waals surface area (Å²) in [5.41, 5.74) is 1.52. The van der Waals surface area contributed by atoms with E-state index in [4.69, 9.17) is 0 Å². The van der Waals surface area contributed by atoms with E-state index in [0.29, 0.717) is 17.6 Å². The molecule has 0 bridgehead atoms. The third-order valence-corrected chi connectivity index (χ3v) is 4.21. The van der Waals surface area contributed by atoms with Gasteiger partial charge in [-0.25, -0.2) is 0 Å². The molecule has 1 aliphatic rings. The number of para-hydroxylation sites is 1. The van der Waals surface area contributed by atoms with Crippen molar-refractivity contribution in [3.63, 3.8) is 0 Å². The van der Waals surface area contributed by atoms with Crippen LogP contribution in [-0.2, 0) is 0 Å². The van der Waals surface area contributed by atoms with Crippen molar-refractivity contribution in [3.05, 3.63) is 42.1 Å². The minimum Gasteiger partial charge on any atom is -0.338 e. The Morgan fingerprint density at radius 2 is 1.95 bits per heavy atom. The maximum Gasteiger partial charge on any atom is 0.256 e. The van der Waals surface area contributed by atoms with Crippen molar-refractivity contribution in [2.75, 3.05) is 13.1 Å². The molecule has 1 aromatic heterocycles. The number of carbonyl (C=O) groups is 1. The molecule has 116 valence electrons. The van der Waals surface area contributed by atoms with Crippen LogP contribution in [0.3, 0.4) is 0 Å². The van der Waals surface area contributed by atoms with Crippen LogP contribution in [0.4, 0.5) is 0 Å². The van der Waals surface area contributed by atoms with Crippen molar-refractivity contribution >= 4 is 16.8 Å². The van der Waals surface area contributed by atoms with Gasteiger partial charge in [0, 0.05) is 36.8 Å². The number of fused-ring (bicyclic) bond motifs is 1. The minimum atomic E-state index is 0.104. The van der Waals surface area contributed by atoms with Gasteiger partial charge in [0.25, 0.3) is 5.91 Å².